The number of amides is 1. The molecule has 0 aliphatic rings. The summed E-state index contributed by atoms with van der Waals surface area (Å²) in [6, 6.07) is 11.4. The summed E-state index contributed by atoms with van der Waals surface area (Å²) in [5.41, 5.74) is 2.81. The molecule has 0 unspecified atom stereocenters. The number of ether oxygens (including phenoxy) is 2. The molecule has 2 aromatic carbocycles. The van der Waals surface area contributed by atoms with Crippen LogP contribution < -0.4 is 20.1 Å². The quantitative estimate of drug-likeness (QED) is 0.755. The van der Waals surface area contributed by atoms with Gasteiger partial charge in [0.25, 0.3) is 0 Å². The van der Waals surface area contributed by atoms with Crippen LogP contribution >= 0.6 is 11.6 Å². The van der Waals surface area contributed by atoms with Crippen LogP contribution in [0, 0.1) is 6.92 Å². The molecule has 2 rings (SSSR count). The van der Waals surface area contributed by atoms with Gasteiger partial charge in [-0.25, -0.2) is 0 Å². The number of rotatable bonds is 8. The van der Waals surface area contributed by atoms with E-state index < -0.39 is 0 Å². The number of hydrogen-bond acceptors (Lipinski definition) is 4. The normalized spacial score (nSPS) is 10.2. The summed E-state index contributed by atoms with van der Waals surface area (Å²) in [7, 11) is 3.21. The maximum absolute atomic E-state index is 12.0. The molecule has 0 fully saturated rings. The van der Waals surface area contributed by atoms with Gasteiger partial charge in [0.1, 0.15) is 11.5 Å². The van der Waals surface area contributed by atoms with Gasteiger partial charge >= 0.3 is 0 Å². The lowest BCUT2D eigenvalue weighted by atomic mass is 10.1. The highest BCUT2D eigenvalue weighted by molar-refractivity contribution is 6.31. The molecule has 0 aliphatic carbocycles. The van der Waals surface area contributed by atoms with Crippen LogP contribution in [0.5, 0.6) is 11.5 Å². The van der Waals surface area contributed by atoms with Crippen molar-refractivity contribution < 1.29 is 14.3 Å². The predicted octanol–water partition coefficient (Wildman–Crippen LogP) is 3.44. The highest BCUT2D eigenvalue weighted by Crippen LogP contribution is 2.30. The monoisotopic (exact) mass is 362 g/mol. The molecule has 0 aliphatic heterocycles. The Kier molecular flexibility index (Phi) is 6.95. The minimum atomic E-state index is -0.0804. The van der Waals surface area contributed by atoms with E-state index in [1.54, 1.807) is 20.3 Å². The van der Waals surface area contributed by atoms with Crippen LogP contribution in [0.2, 0.25) is 5.02 Å². The number of carbonyl (C=O) groups excluding carboxylic acids is 1. The first-order valence-electron chi connectivity index (χ1n) is 8.01. The minimum Gasteiger partial charge on any atom is -0.497 e. The Balaban J connectivity index is 1.79. The molecule has 6 heteroatoms. The molecule has 2 N–H and O–H groups in total. The molecule has 0 heterocycles. The molecule has 0 atom stereocenters. The third-order valence-corrected chi connectivity index (χ3v) is 4.22. The van der Waals surface area contributed by atoms with E-state index in [2.05, 4.69) is 10.6 Å². The molecular weight excluding hydrogens is 340 g/mol. The van der Waals surface area contributed by atoms with Crippen molar-refractivity contribution in [1.82, 2.24) is 5.32 Å². The zero-order valence-corrected chi connectivity index (χ0v) is 15.4. The van der Waals surface area contributed by atoms with Gasteiger partial charge in [-0.05, 0) is 42.7 Å². The standard InChI is InChI=1S/C19H23ClN2O3/c1-13-10-17(18(25-3)11-16(13)20)22-12-19(23)21-9-8-14-4-6-15(24-2)7-5-14/h4-7,10-11,22H,8-9,12H2,1-3H3,(H,21,23). The molecule has 0 aromatic heterocycles. The Morgan fingerprint density at radius 3 is 2.48 bits per heavy atom. The highest BCUT2D eigenvalue weighted by Gasteiger charge is 2.08. The molecule has 0 bridgehead atoms. The van der Waals surface area contributed by atoms with Crippen molar-refractivity contribution in [3.05, 3.63) is 52.5 Å². The average molecular weight is 363 g/mol. The van der Waals surface area contributed by atoms with Crippen molar-refractivity contribution in [2.75, 3.05) is 32.6 Å². The van der Waals surface area contributed by atoms with Gasteiger partial charge in [0.2, 0.25) is 5.91 Å². The SMILES string of the molecule is COc1ccc(CCNC(=O)CNc2cc(C)c(Cl)cc2OC)cc1. The summed E-state index contributed by atoms with van der Waals surface area (Å²) in [6.45, 7) is 2.64. The number of methoxy groups -OCH3 is 2. The number of halogens is 1. The van der Waals surface area contributed by atoms with Crippen LogP contribution in [0.15, 0.2) is 36.4 Å². The molecular formula is C19H23ClN2O3. The molecule has 25 heavy (non-hydrogen) atoms. The first kappa shape index (κ1) is 18.9. The van der Waals surface area contributed by atoms with Crippen molar-refractivity contribution >= 4 is 23.2 Å². The van der Waals surface area contributed by atoms with E-state index in [-0.39, 0.29) is 12.5 Å². The Morgan fingerprint density at radius 2 is 1.84 bits per heavy atom. The van der Waals surface area contributed by atoms with Crippen LogP contribution in [0.1, 0.15) is 11.1 Å². The fourth-order valence-corrected chi connectivity index (χ4v) is 2.50. The number of benzene rings is 2. The molecule has 1 amide bonds. The van der Waals surface area contributed by atoms with Gasteiger partial charge in [0.05, 0.1) is 26.5 Å². The van der Waals surface area contributed by atoms with Gasteiger partial charge in [0.15, 0.2) is 0 Å². The van der Waals surface area contributed by atoms with E-state index in [0.717, 1.165) is 29.0 Å². The van der Waals surface area contributed by atoms with E-state index >= 15 is 0 Å². The lowest BCUT2D eigenvalue weighted by molar-refractivity contribution is -0.119. The second-order valence-electron chi connectivity index (χ2n) is 5.60. The predicted molar refractivity (Wildman–Crippen MR) is 101 cm³/mol. The van der Waals surface area contributed by atoms with Crippen molar-refractivity contribution in [2.24, 2.45) is 0 Å². The highest BCUT2D eigenvalue weighted by atomic mass is 35.5. The van der Waals surface area contributed by atoms with Gasteiger partial charge < -0.3 is 20.1 Å². The smallest absolute Gasteiger partial charge is 0.239 e. The number of nitrogens with one attached hydrogen (secondary N) is 2. The van der Waals surface area contributed by atoms with Gasteiger partial charge in [0, 0.05) is 17.6 Å². The van der Waals surface area contributed by atoms with Crippen LogP contribution in [0.4, 0.5) is 5.69 Å². The fraction of sp³-hybridized carbons (Fsp3) is 0.316. The number of carbonyl (C=O) groups is 1. The zero-order valence-electron chi connectivity index (χ0n) is 14.7. The minimum absolute atomic E-state index is 0.0804. The summed E-state index contributed by atoms with van der Waals surface area (Å²) < 4.78 is 10.4. The Hall–Kier alpha value is -2.40. The van der Waals surface area contributed by atoms with Crippen molar-refractivity contribution in [2.45, 2.75) is 13.3 Å². The van der Waals surface area contributed by atoms with Crippen molar-refractivity contribution in [3.63, 3.8) is 0 Å². The topological polar surface area (TPSA) is 59.6 Å². The molecule has 134 valence electrons. The third-order valence-electron chi connectivity index (χ3n) is 3.82. The third kappa shape index (κ3) is 5.57. The number of hydrogen-bond donors (Lipinski definition) is 2. The summed E-state index contributed by atoms with van der Waals surface area (Å²) in [5, 5.41) is 6.61. The average Bonchev–Trinajstić information content (AvgIpc) is 2.63. The van der Waals surface area contributed by atoms with E-state index in [4.69, 9.17) is 21.1 Å². The fourth-order valence-electron chi connectivity index (χ4n) is 2.35. The second kappa shape index (κ2) is 9.18. The van der Waals surface area contributed by atoms with Gasteiger partial charge in [-0.15, -0.1) is 0 Å². The molecule has 0 saturated carbocycles. The Morgan fingerprint density at radius 1 is 1.12 bits per heavy atom. The number of aryl methyl sites for hydroxylation is 1. The van der Waals surface area contributed by atoms with E-state index in [1.807, 2.05) is 37.3 Å². The maximum Gasteiger partial charge on any atom is 0.239 e. The van der Waals surface area contributed by atoms with Gasteiger partial charge in [-0.3, -0.25) is 4.79 Å². The van der Waals surface area contributed by atoms with Gasteiger partial charge in [-0.1, -0.05) is 23.7 Å². The summed E-state index contributed by atoms with van der Waals surface area (Å²) in [5.74, 6) is 1.36. The Bertz CT molecular complexity index is 717. The number of anilines is 1. The van der Waals surface area contributed by atoms with E-state index in [1.165, 1.54) is 0 Å². The zero-order chi connectivity index (χ0) is 18.2. The molecule has 0 saturated heterocycles. The summed E-state index contributed by atoms with van der Waals surface area (Å²) in [4.78, 5) is 12.0. The molecule has 2 aromatic rings. The first-order chi connectivity index (χ1) is 12.0. The van der Waals surface area contributed by atoms with Crippen LogP contribution in [-0.2, 0) is 11.2 Å². The Labute approximate surface area is 153 Å². The molecule has 5 nitrogen and oxygen atoms in total. The largest absolute Gasteiger partial charge is 0.497 e. The molecule has 0 radical (unpaired) electrons. The van der Waals surface area contributed by atoms with Crippen molar-refractivity contribution in [3.8, 4) is 11.5 Å². The van der Waals surface area contributed by atoms with E-state index in [9.17, 15) is 4.79 Å². The summed E-state index contributed by atoms with van der Waals surface area (Å²) >= 11 is 6.08. The van der Waals surface area contributed by atoms with Crippen molar-refractivity contribution in [1.29, 1.82) is 0 Å². The van der Waals surface area contributed by atoms with Crippen LogP contribution in [0.3, 0.4) is 0 Å². The van der Waals surface area contributed by atoms with Gasteiger partial charge in [-0.2, -0.15) is 0 Å². The summed E-state index contributed by atoms with van der Waals surface area (Å²) in [6.07, 6.45) is 0.763. The molecule has 0 spiro atoms. The van der Waals surface area contributed by atoms with Crippen LogP contribution in [0.25, 0.3) is 0 Å². The van der Waals surface area contributed by atoms with Crippen LogP contribution in [-0.4, -0.2) is 33.2 Å². The van der Waals surface area contributed by atoms with E-state index in [0.29, 0.717) is 17.3 Å². The lowest BCUT2D eigenvalue weighted by Gasteiger charge is -2.13. The maximum atomic E-state index is 12.0. The first-order valence-corrected chi connectivity index (χ1v) is 8.39. The lowest BCUT2D eigenvalue weighted by Crippen LogP contribution is -2.31. The second-order valence-corrected chi connectivity index (χ2v) is 6.01.